The largest absolute Gasteiger partial charge is 0.369 e. The average molecular weight is 266 g/mol. The van der Waals surface area contributed by atoms with Crippen molar-refractivity contribution in [3.63, 3.8) is 0 Å². The van der Waals surface area contributed by atoms with Crippen LogP contribution in [0, 0.1) is 19.3 Å². The minimum atomic E-state index is 0.733. The Morgan fingerprint density at radius 2 is 1.87 bits per heavy atom. The van der Waals surface area contributed by atoms with Gasteiger partial charge in [-0.25, -0.2) is 0 Å². The highest BCUT2D eigenvalue weighted by molar-refractivity contribution is 9.10. The quantitative estimate of drug-likeness (QED) is 0.749. The van der Waals surface area contributed by atoms with E-state index in [4.69, 9.17) is 0 Å². The first-order chi connectivity index (χ1) is 7.10. The monoisotopic (exact) mass is 265 g/mol. The fourth-order valence-corrected chi connectivity index (χ4v) is 3.65. The van der Waals surface area contributed by atoms with Crippen LogP contribution in [0.25, 0.3) is 0 Å². The number of anilines is 1. The van der Waals surface area contributed by atoms with Crippen molar-refractivity contribution in [1.29, 1.82) is 0 Å². The van der Waals surface area contributed by atoms with Crippen molar-refractivity contribution >= 4 is 21.6 Å². The van der Waals surface area contributed by atoms with Crippen molar-refractivity contribution in [2.75, 3.05) is 18.0 Å². The minimum Gasteiger partial charge on any atom is -0.369 e. The van der Waals surface area contributed by atoms with E-state index in [0.717, 1.165) is 5.41 Å². The number of benzene rings is 1. The zero-order valence-electron chi connectivity index (χ0n) is 9.31. The molecular formula is C13H16BrN. The zero-order valence-corrected chi connectivity index (χ0v) is 10.9. The van der Waals surface area contributed by atoms with Crippen LogP contribution in [0.5, 0.6) is 0 Å². The predicted molar refractivity (Wildman–Crippen MR) is 67.5 cm³/mol. The van der Waals surface area contributed by atoms with Gasteiger partial charge in [-0.15, -0.1) is 0 Å². The third-order valence-corrected chi connectivity index (χ3v) is 4.33. The molecule has 2 heteroatoms. The van der Waals surface area contributed by atoms with E-state index in [0.29, 0.717) is 0 Å². The Bertz CT molecular complexity index is 390. The van der Waals surface area contributed by atoms with Gasteiger partial charge in [0.25, 0.3) is 0 Å². The lowest BCUT2D eigenvalue weighted by Crippen LogP contribution is -2.48. The molecule has 0 atom stereocenters. The topological polar surface area (TPSA) is 3.24 Å². The third-order valence-electron chi connectivity index (χ3n) is 3.72. The highest BCUT2D eigenvalue weighted by atomic mass is 79.9. The molecule has 1 aromatic carbocycles. The van der Waals surface area contributed by atoms with Crippen LogP contribution >= 0.6 is 15.9 Å². The van der Waals surface area contributed by atoms with E-state index in [1.165, 1.54) is 47.2 Å². The molecule has 1 heterocycles. The molecule has 2 fully saturated rings. The summed E-state index contributed by atoms with van der Waals surface area (Å²) in [6.45, 7) is 6.91. The molecule has 1 aromatic rings. The minimum absolute atomic E-state index is 0.733. The molecule has 3 rings (SSSR count). The molecule has 0 N–H and O–H groups in total. The molecule has 0 unspecified atom stereocenters. The van der Waals surface area contributed by atoms with Gasteiger partial charge in [-0.2, -0.15) is 0 Å². The van der Waals surface area contributed by atoms with Crippen molar-refractivity contribution in [1.82, 2.24) is 0 Å². The second-order valence-corrected chi connectivity index (χ2v) is 6.12. The fraction of sp³-hybridized carbons (Fsp3) is 0.538. The highest BCUT2D eigenvalue weighted by Gasteiger charge is 2.52. The van der Waals surface area contributed by atoms with Crippen molar-refractivity contribution in [3.05, 3.63) is 27.7 Å². The first-order valence-corrected chi connectivity index (χ1v) is 6.41. The highest BCUT2D eigenvalue weighted by Crippen LogP contribution is 2.55. The molecule has 0 bridgehead atoms. The summed E-state index contributed by atoms with van der Waals surface area (Å²) < 4.78 is 1.26. The Kier molecular flexibility index (Phi) is 1.94. The van der Waals surface area contributed by atoms with Crippen LogP contribution < -0.4 is 4.90 Å². The Balaban J connectivity index is 1.91. The van der Waals surface area contributed by atoms with Crippen LogP contribution in [0.3, 0.4) is 0 Å². The maximum absolute atomic E-state index is 3.69. The van der Waals surface area contributed by atoms with E-state index >= 15 is 0 Å². The predicted octanol–water partition coefficient (Wildman–Crippen LogP) is 3.67. The summed E-state index contributed by atoms with van der Waals surface area (Å²) in [6.07, 6.45) is 2.90. The van der Waals surface area contributed by atoms with Gasteiger partial charge in [0.15, 0.2) is 0 Å². The van der Waals surface area contributed by atoms with Gasteiger partial charge in [0.05, 0.1) is 5.69 Å². The van der Waals surface area contributed by atoms with E-state index in [2.05, 4.69) is 46.8 Å². The van der Waals surface area contributed by atoms with Crippen molar-refractivity contribution in [3.8, 4) is 0 Å². The lowest BCUT2D eigenvalue weighted by atomic mass is 9.94. The van der Waals surface area contributed by atoms with Gasteiger partial charge < -0.3 is 4.90 Å². The van der Waals surface area contributed by atoms with Crippen LogP contribution in [0.1, 0.15) is 24.0 Å². The maximum atomic E-state index is 3.69. The van der Waals surface area contributed by atoms with Crippen LogP contribution in [0.15, 0.2) is 16.6 Å². The number of halogens is 1. The Morgan fingerprint density at radius 3 is 2.40 bits per heavy atom. The number of hydrogen-bond acceptors (Lipinski definition) is 1. The molecule has 0 radical (unpaired) electrons. The first-order valence-electron chi connectivity index (χ1n) is 5.61. The average Bonchev–Trinajstić information content (AvgIpc) is 2.80. The molecule has 1 nitrogen and oxygen atoms in total. The van der Waals surface area contributed by atoms with Gasteiger partial charge in [0, 0.05) is 23.0 Å². The molecule has 1 saturated heterocycles. The lowest BCUT2D eigenvalue weighted by molar-refractivity contribution is 0.386. The fourth-order valence-electron chi connectivity index (χ4n) is 2.72. The summed E-state index contributed by atoms with van der Waals surface area (Å²) in [4.78, 5) is 2.52. The molecule has 1 saturated carbocycles. The summed E-state index contributed by atoms with van der Waals surface area (Å²) in [6, 6.07) is 4.50. The van der Waals surface area contributed by atoms with Crippen LogP contribution in [0.2, 0.25) is 0 Å². The summed E-state index contributed by atoms with van der Waals surface area (Å²) >= 11 is 3.69. The van der Waals surface area contributed by atoms with Gasteiger partial charge in [-0.3, -0.25) is 0 Å². The maximum Gasteiger partial charge on any atom is 0.0540 e. The van der Waals surface area contributed by atoms with Crippen molar-refractivity contribution < 1.29 is 0 Å². The first kappa shape index (κ1) is 9.71. The molecule has 1 aliphatic heterocycles. The van der Waals surface area contributed by atoms with Crippen molar-refractivity contribution in [2.45, 2.75) is 26.7 Å². The van der Waals surface area contributed by atoms with Crippen LogP contribution in [-0.2, 0) is 0 Å². The van der Waals surface area contributed by atoms with E-state index in [1.54, 1.807) is 0 Å². The second kappa shape index (κ2) is 3.00. The lowest BCUT2D eigenvalue weighted by Gasteiger charge is -2.43. The van der Waals surface area contributed by atoms with Gasteiger partial charge in [-0.05, 0) is 59.8 Å². The van der Waals surface area contributed by atoms with E-state index < -0.39 is 0 Å². The number of nitrogens with zero attached hydrogens (tertiary/aromatic N) is 1. The molecule has 1 spiro atoms. The number of hydrogen-bond donors (Lipinski definition) is 0. The third kappa shape index (κ3) is 1.50. The summed E-state index contributed by atoms with van der Waals surface area (Å²) in [5.41, 5.74) is 4.89. The van der Waals surface area contributed by atoms with Gasteiger partial charge >= 0.3 is 0 Å². The molecule has 15 heavy (non-hydrogen) atoms. The molecule has 2 aliphatic rings. The number of aryl methyl sites for hydroxylation is 2. The molecule has 0 amide bonds. The van der Waals surface area contributed by atoms with Crippen molar-refractivity contribution in [2.24, 2.45) is 5.41 Å². The molecular weight excluding hydrogens is 250 g/mol. The Hall–Kier alpha value is -0.500. The standard InChI is InChI=1S/C13H16BrN/c1-9-5-10(2)12(11(14)6-9)15-7-13(8-15)3-4-13/h5-6H,3-4,7-8H2,1-2H3. The summed E-state index contributed by atoms with van der Waals surface area (Å²) in [7, 11) is 0. The van der Waals surface area contributed by atoms with E-state index in [-0.39, 0.29) is 0 Å². The molecule has 80 valence electrons. The normalized spacial score (nSPS) is 21.7. The smallest absolute Gasteiger partial charge is 0.0540 e. The second-order valence-electron chi connectivity index (χ2n) is 5.27. The van der Waals surface area contributed by atoms with E-state index in [9.17, 15) is 0 Å². The summed E-state index contributed by atoms with van der Waals surface area (Å²) in [5.74, 6) is 0. The Morgan fingerprint density at radius 1 is 1.20 bits per heavy atom. The van der Waals surface area contributed by atoms with Crippen LogP contribution in [-0.4, -0.2) is 13.1 Å². The van der Waals surface area contributed by atoms with Gasteiger partial charge in [-0.1, -0.05) is 6.07 Å². The van der Waals surface area contributed by atoms with Gasteiger partial charge in [0.1, 0.15) is 0 Å². The van der Waals surface area contributed by atoms with Crippen LogP contribution in [0.4, 0.5) is 5.69 Å². The zero-order chi connectivity index (χ0) is 10.6. The van der Waals surface area contributed by atoms with Gasteiger partial charge in [0.2, 0.25) is 0 Å². The molecule has 1 aliphatic carbocycles. The Labute approximate surface area is 99.6 Å². The number of rotatable bonds is 1. The summed E-state index contributed by atoms with van der Waals surface area (Å²) in [5, 5.41) is 0. The molecule has 0 aromatic heterocycles. The SMILES string of the molecule is Cc1cc(C)c(N2CC3(CC3)C2)c(Br)c1. The van der Waals surface area contributed by atoms with E-state index in [1.807, 2.05) is 0 Å².